The van der Waals surface area contributed by atoms with E-state index in [0.29, 0.717) is 0 Å². The van der Waals surface area contributed by atoms with Gasteiger partial charge in [0.05, 0.1) is 29.6 Å². The molecule has 1 aliphatic carbocycles. The average Bonchev–Trinajstić information content (AvgIpc) is 3.17. The van der Waals surface area contributed by atoms with Gasteiger partial charge in [0.1, 0.15) is 17.6 Å². The second-order valence-electron chi connectivity index (χ2n) is 6.70. The lowest BCUT2D eigenvalue weighted by Gasteiger charge is -2.17. The lowest BCUT2D eigenvalue weighted by molar-refractivity contribution is 0.393. The minimum Gasteiger partial charge on any atom is -0.497 e. The molecule has 2 heterocycles. The van der Waals surface area contributed by atoms with Crippen molar-refractivity contribution in [2.24, 2.45) is 0 Å². The highest BCUT2D eigenvalue weighted by atomic mass is 16.5. The van der Waals surface area contributed by atoms with Crippen molar-refractivity contribution in [2.45, 2.75) is 39.5 Å². The maximum atomic E-state index is 9.96. The van der Waals surface area contributed by atoms with Gasteiger partial charge in [-0.15, -0.1) is 0 Å². The Morgan fingerprint density at radius 3 is 2.50 bits per heavy atom. The molecule has 0 bridgehead atoms. The summed E-state index contributed by atoms with van der Waals surface area (Å²) in [6.07, 6.45) is 4.17. The Kier molecular flexibility index (Phi) is 4.04. The number of nitrogens with zero attached hydrogens (tertiary/aromatic N) is 3. The zero-order valence-electron chi connectivity index (χ0n) is 15.3. The molecule has 5 heteroatoms. The van der Waals surface area contributed by atoms with E-state index in [2.05, 4.69) is 15.8 Å². The molecule has 0 atom stereocenters. The van der Waals surface area contributed by atoms with Gasteiger partial charge in [0.25, 0.3) is 0 Å². The second kappa shape index (κ2) is 6.38. The average molecular weight is 347 g/mol. The predicted molar refractivity (Wildman–Crippen MR) is 98.6 cm³/mol. The molecular formula is C21H21N3O2. The van der Waals surface area contributed by atoms with Gasteiger partial charge in [-0.3, -0.25) is 0 Å². The van der Waals surface area contributed by atoms with E-state index in [9.17, 15) is 5.26 Å². The highest BCUT2D eigenvalue weighted by Gasteiger charge is 2.29. The normalized spacial score (nSPS) is 13.3. The van der Waals surface area contributed by atoms with E-state index in [0.717, 1.165) is 65.4 Å². The first kappa shape index (κ1) is 16.5. The topological polar surface area (TPSA) is 64.0 Å². The van der Waals surface area contributed by atoms with Crippen molar-refractivity contribution in [3.05, 3.63) is 52.5 Å². The lowest BCUT2D eigenvalue weighted by Crippen LogP contribution is -2.08. The van der Waals surface area contributed by atoms with Crippen LogP contribution in [0.3, 0.4) is 0 Å². The van der Waals surface area contributed by atoms with Crippen molar-refractivity contribution >= 4 is 0 Å². The van der Waals surface area contributed by atoms with Crippen LogP contribution in [0.15, 0.2) is 28.8 Å². The van der Waals surface area contributed by atoms with Crippen LogP contribution in [0.4, 0.5) is 0 Å². The summed E-state index contributed by atoms with van der Waals surface area (Å²) in [5.41, 5.74) is 6.82. The molecule has 132 valence electrons. The highest BCUT2D eigenvalue weighted by Crippen LogP contribution is 2.40. The molecular weight excluding hydrogens is 326 g/mol. The van der Waals surface area contributed by atoms with Crippen molar-refractivity contribution in [1.29, 1.82) is 5.26 Å². The summed E-state index contributed by atoms with van der Waals surface area (Å²) >= 11 is 0. The summed E-state index contributed by atoms with van der Waals surface area (Å²) in [5.74, 6) is 1.55. The van der Waals surface area contributed by atoms with Gasteiger partial charge in [0.15, 0.2) is 0 Å². The van der Waals surface area contributed by atoms with Crippen molar-refractivity contribution in [2.75, 3.05) is 7.11 Å². The molecule has 0 N–H and O–H groups in total. The third-order valence-electron chi connectivity index (χ3n) is 5.18. The third kappa shape index (κ3) is 2.41. The van der Waals surface area contributed by atoms with E-state index in [1.807, 2.05) is 38.1 Å². The Balaban J connectivity index is 2.06. The standard InChI is InChI=1S/C21H21N3O2/c1-13-20(14(2)26-23-13)21-18(12-22)17-6-4-5-7-19(17)24(21)15-8-10-16(25-3)11-9-15/h8-11H,4-7H2,1-3H3. The molecule has 0 aliphatic heterocycles. The number of rotatable bonds is 3. The molecule has 3 aromatic rings. The molecule has 26 heavy (non-hydrogen) atoms. The Morgan fingerprint density at radius 2 is 1.88 bits per heavy atom. The van der Waals surface area contributed by atoms with Gasteiger partial charge in [-0.1, -0.05) is 5.16 Å². The predicted octanol–water partition coefficient (Wildman–Crippen LogP) is 4.51. The molecule has 0 saturated heterocycles. The molecule has 0 fully saturated rings. The molecule has 1 aliphatic rings. The van der Waals surface area contributed by atoms with Gasteiger partial charge in [0.2, 0.25) is 0 Å². The smallest absolute Gasteiger partial charge is 0.143 e. The minimum absolute atomic E-state index is 0.739. The Hall–Kier alpha value is -3.00. The Bertz CT molecular complexity index is 984. The first-order chi connectivity index (χ1) is 12.7. The number of aryl methyl sites for hydroxylation is 2. The molecule has 2 aromatic heterocycles. The van der Waals surface area contributed by atoms with Crippen LogP contribution in [0.5, 0.6) is 5.75 Å². The SMILES string of the molecule is COc1ccc(-n2c3c(c(C#N)c2-c2c(C)noc2C)CCCC3)cc1. The van der Waals surface area contributed by atoms with Crippen LogP contribution in [-0.2, 0) is 12.8 Å². The molecule has 5 nitrogen and oxygen atoms in total. The van der Waals surface area contributed by atoms with E-state index in [4.69, 9.17) is 9.26 Å². The highest BCUT2D eigenvalue weighted by molar-refractivity contribution is 5.76. The lowest BCUT2D eigenvalue weighted by atomic mass is 9.94. The fourth-order valence-electron chi connectivity index (χ4n) is 3.99. The molecule has 0 radical (unpaired) electrons. The van der Waals surface area contributed by atoms with Crippen LogP contribution < -0.4 is 4.74 Å². The van der Waals surface area contributed by atoms with E-state index in [-0.39, 0.29) is 0 Å². The number of fused-ring (bicyclic) bond motifs is 1. The summed E-state index contributed by atoms with van der Waals surface area (Å²) in [5, 5.41) is 14.1. The zero-order chi connectivity index (χ0) is 18.3. The summed E-state index contributed by atoms with van der Waals surface area (Å²) in [6.45, 7) is 3.83. The van der Waals surface area contributed by atoms with Gasteiger partial charge in [-0.2, -0.15) is 5.26 Å². The Labute approximate surface area is 152 Å². The van der Waals surface area contributed by atoms with Gasteiger partial charge in [-0.25, -0.2) is 0 Å². The van der Waals surface area contributed by atoms with Crippen LogP contribution >= 0.6 is 0 Å². The van der Waals surface area contributed by atoms with Gasteiger partial charge in [0, 0.05) is 11.4 Å². The summed E-state index contributed by atoms with van der Waals surface area (Å²) in [7, 11) is 1.66. The first-order valence-corrected chi connectivity index (χ1v) is 8.90. The number of hydrogen-bond donors (Lipinski definition) is 0. The van der Waals surface area contributed by atoms with Crippen molar-refractivity contribution in [3.8, 4) is 28.8 Å². The summed E-state index contributed by atoms with van der Waals surface area (Å²) < 4.78 is 12.9. The number of nitriles is 1. The van der Waals surface area contributed by atoms with Gasteiger partial charge >= 0.3 is 0 Å². The van der Waals surface area contributed by atoms with Crippen molar-refractivity contribution < 1.29 is 9.26 Å². The molecule has 0 amide bonds. The van der Waals surface area contributed by atoms with E-state index in [1.54, 1.807) is 7.11 Å². The molecule has 0 unspecified atom stereocenters. The van der Waals surface area contributed by atoms with E-state index < -0.39 is 0 Å². The van der Waals surface area contributed by atoms with Crippen LogP contribution in [0.1, 0.15) is 41.1 Å². The molecule has 4 rings (SSSR count). The molecule has 0 spiro atoms. The number of methoxy groups -OCH3 is 1. The number of benzene rings is 1. The zero-order valence-corrected chi connectivity index (χ0v) is 15.3. The van der Waals surface area contributed by atoms with Crippen LogP contribution in [0.2, 0.25) is 0 Å². The first-order valence-electron chi connectivity index (χ1n) is 8.90. The van der Waals surface area contributed by atoms with E-state index >= 15 is 0 Å². The van der Waals surface area contributed by atoms with Crippen LogP contribution in [0.25, 0.3) is 16.9 Å². The van der Waals surface area contributed by atoms with Crippen LogP contribution in [-0.4, -0.2) is 16.8 Å². The monoisotopic (exact) mass is 347 g/mol. The number of hydrogen-bond acceptors (Lipinski definition) is 4. The fraction of sp³-hybridized carbons (Fsp3) is 0.333. The second-order valence-corrected chi connectivity index (χ2v) is 6.70. The molecule has 0 saturated carbocycles. The van der Waals surface area contributed by atoms with Crippen LogP contribution in [0, 0.1) is 25.2 Å². The maximum Gasteiger partial charge on any atom is 0.143 e. The van der Waals surface area contributed by atoms with Crippen molar-refractivity contribution in [3.63, 3.8) is 0 Å². The van der Waals surface area contributed by atoms with Gasteiger partial charge in [-0.05, 0) is 69.4 Å². The number of aromatic nitrogens is 2. The quantitative estimate of drug-likeness (QED) is 0.699. The largest absolute Gasteiger partial charge is 0.497 e. The molecule has 1 aromatic carbocycles. The summed E-state index contributed by atoms with van der Waals surface area (Å²) in [4.78, 5) is 0. The maximum absolute atomic E-state index is 9.96. The fourth-order valence-corrected chi connectivity index (χ4v) is 3.99. The Morgan fingerprint density at radius 1 is 1.15 bits per heavy atom. The van der Waals surface area contributed by atoms with E-state index in [1.165, 1.54) is 11.3 Å². The number of ether oxygens (including phenoxy) is 1. The summed E-state index contributed by atoms with van der Waals surface area (Å²) in [6, 6.07) is 10.4. The van der Waals surface area contributed by atoms with Gasteiger partial charge < -0.3 is 13.8 Å². The third-order valence-corrected chi connectivity index (χ3v) is 5.18. The van der Waals surface area contributed by atoms with Crippen molar-refractivity contribution in [1.82, 2.24) is 9.72 Å². The minimum atomic E-state index is 0.739.